The van der Waals surface area contributed by atoms with E-state index in [0.717, 1.165) is 18.0 Å². The molecule has 2 amide bonds. The van der Waals surface area contributed by atoms with Crippen LogP contribution < -0.4 is 10.6 Å². The number of nitrogens with zero attached hydrogens (tertiary/aromatic N) is 1. The molecule has 0 spiro atoms. The molecule has 1 aliphatic carbocycles. The Morgan fingerprint density at radius 3 is 2.89 bits per heavy atom. The Morgan fingerprint density at radius 1 is 1.61 bits per heavy atom. The molecule has 0 aliphatic heterocycles. The van der Waals surface area contributed by atoms with E-state index in [1.165, 1.54) is 19.3 Å². The lowest BCUT2D eigenvalue weighted by molar-refractivity contribution is 0.126. The van der Waals surface area contributed by atoms with E-state index in [0.29, 0.717) is 5.41 Å². The van der Waals surface area contributed by atoms with E-state index in [-0.39, 0.29) is 12.1 Å². The van der Waals surface area contributed by atoms with E-state index in [9.17, 15) is 4.79 Å². The van der Waals surface area contributed by atoms with E-state index < -0.39 is 0 Å². The third kappa shape index (κ3) is 3.02. The van der Waals surface area contributed by atoms with Gasteiger partial charge in [0.05, 0.1) is 6.04 Å². The summed E-state index contributed by atoms with van der Waals surface area (Å²) in [4.78, 5) is 16.0. The van der Waals surface area contributed by atoms with Crippen molar-refractivity contribution in [3.8, 4) is 0 Å². The van der Waals surface area contributed by atoms with Gasteiger partial charge in [0.1, 0.15) is 5.01 Å². The summed E-state index contributed by atoms with van der Waals surface area (Å²) in [5, 5.41) is 8.79. The molecule has 2 rings (SSSR count). The van der Waals surface area contributed by atoms with Gasteiger partial charge in [-0.1, -0.05) is 13.3 Å². The predicted octanol–water partition coefficient (Wildman–Crippen LogP) is 3.08. The second-order valence-electron chi connectivity index (χ2n) is 5.13. The van der Waals surface area contributed by atoms with Crippen molar-refractivity contribution in [3.63, 3.8) is 0 Å². The standard InChI is InChI=1S/C13H21N3OS/c1-3-13(5-4-6-13)9-15-12(17)16-10(2)11-14-7-8-18-11/h7-8,10H,3-6,9H2,1-2H3,(H2,15,16,17). The molecule has 1 aliphatic rings. The van der Waals surface area contributed by atoms with Gasteiger partial charge in [-0.05, 0) is 31.6 Å². The summed E-state index contributed by atoms with van der Waals surface area (Å²) < 4.78 is 0. The number of rotatable bonds is 5. The van der Waals surface area contributed by atoms with Gasteiger partial charge in [0.25, 0.3) is 0 Å². The molecule has 1 aromatic heterocycles. The molecule has 1 atom stereocenters. The monoisotopic (exact) mass is 267 g/mol. The number of hydrogen-bond donors (Lipinski definition) is 2. The summed E-state index contributed by atoms with van der Waals surface area (Å²) in [7, 11) is 0. The van der Waals surface area contributed by atoms with Crippen molar-refractivity contribution in [2.24, 2.45) is 5.41 Å². The second-order valence-corrected chi connectivity index (χ2v) is 6.05. The number of carbonyl (C=O) groups is 1. The van der Waals surface area contributed by atoms with Crippen LogP contribution in [0.25, 0.3) is 0 Å². The van der Waals surface area contributed by atoms with Crippen molar-refractivity contribution in [3.05, 3.63) is 16.6 Å². The molecule has 5 heteroatoms. The average molecular weight is 267 g/mol. The summed E-state index contributed by atoms with van der Waals surface area (Å²) in [6.45, 7) is 4.95. The topological polar surface area (TPSA) is 54.0 Å². The highest BCUT2D eigenvalue weighted by atomic mass is 32.1. The summed E-state index contributed by atoms with van der Waals surface area (Å²) in [5.41, 5.74) is 0.363. The number of hydrogen-bond acceptors (Lipinski definition) is 3. The lowest BCUT2D eigenvalue weighted by Gasteiger charge is -2.41. The van der Waals surface area contributed by atoms with E-state index in [2.05, 4.69) is 22.5 Å². The molecule has 0 aromatic carbocycles. The summed E-state index contributed by atoms with van der Waals surface area (Å²) in [6.07, 6.45) is 6.69. The molecule has 0 saturated heterocycles. The van der Waals surface area contributed by atoms with E-state index in [1.807, 2.05) is 12.3 Å². The van der Waals surface area contributed by atoms with Gasteiger partial charge in [-0.3, -0.25) is 0 Å². The minimum atomic E-state index is -0.0857. The Morgan fingerprint density at radius 2 is 2.39 bits per heavy atom. The maximum atomic E-state index is 11.8. The number of carbonyl (C=O) groups excluding carboxylic acids is 1. The highest BCUT2D eigenvalue weighted by Gasteiger charge is 2.35. The molecule has 1 unspecified atom stereocenters. The SMILES string of the molecule is CCC1(CNC(=O)NC(C)c2nccs2)CCC1. The molecule has 2 N–H and O–H groups in total. The average Bonchev–Trinajstić information content (AvgIpc) is 2.81. The maximum Gasteiger partial charge on any atom is 0.315 e. The minimum absolute atomic E-state index is 0.0241. The van der Waals surface area contributed by atoms with Gasteiger partial charge in [-0.2, -0.15) is 0 Å². The van der Waals surface area contributed by atoms with Crippen LogP contribution in [0.2, 0.25) is 0 Å². The fourth-order valence-corrected chi connectivity index (χ4v) is 3.00. The maximum absolute atomic E-state index is 11.8. The number of urea groups is 1. The fraction of sp³-hybridized carbons (Fsp3) is 0.692. The zero-order valence-electron chi connectivity index (χ0n) is 11.0. The Kier molecular flexibility index (Phi) is 4.22. The summed E-state index contributed by atoms with van der Waals surface area (Å²) >= 11 is 1.56. The lowest BCUT2D eigenvalue weighted by Crippen LogP contribution is -2.45. The first-order chi connectivity index (χ1) is 8.65. The Hall–Kier alpha value is -1.10. The molecule has 100 valence electrons. The van der Waals surface area contributed by atoms with Crippen molar-refractivity contribution in [1.82, 2.24) is 15.6 Å². The first kappa shape index (κ1) is 13.3. The molecule has 1 fully saturated rings. The van der Waals surface area contributed by atoms with Crippen LogP contribution in [0, 0.1) is 5.41 Å². The van der Waals surface area contributed by atoms with Gasteiger partial charge in [0, 0.05) is 18.1 Å². The Bertz CT molecular complexity index is 381. The zero-order chi connectivity index (χ0) is 13.0. The second kappa shape index (κ2) is 5.69. The molecule has 0 bridgehead atoms. The summed E-state index contributed by atoms with van der Waals surface area (Å²) in [6, 6.07) is -0.110. The van der Waals surface area contributed by atoms with Crippen molar-refractivity contribution < 1.29 is 4.79 Å². The quantitative estimate of drug-likeness (QED) is 0.861. The van der Waals surface area contributed by atoms with E-state index >= 15 is 0 Å². The number of aromatic nitrogens is 1. The first-order valence-corrected chi connectivity index (χ1v) is 7.47. The zero-order valence-corrected chi connectivity index (χ0v) is 11.8. The number of amides is 2. The van der Waals surface area contributed by atoms with Crippen LogP contribution in [0.15, 0.2) is 11.6 Å². The van der Waals surface area contributed by atoms with E-state index in [4.69, 9.17) is 0 Å². The number of thiazole rings is 1. The first-order valence-electron chi connectivity index (χ1n) is 6.59. The van der Waals surface area contributed by atoms with Gasteiger partial charge in [-0.25, -0.2) is 9.78 Å². The van der Waals surface area contributed by atoms with Crippen LogP contribution in [-0.2, 0) is 0 Å². The summed E-state index contributed by atoms with van der Waals surface area (Å²) in [5.74, 6) is 0. The minimum Gasteiger partial charge on any atom is -0.338 e. The smallest absolute Gasteiger partial charge is 0.315 e. The van der Waals surface area contributed by atoms with Gasteiger partial charge in [0.15, 0.2) is 0 Å². The molecular weight excluding hydrogens is 246 g/mol. The molecule has 18 heavy (non-hydrogen) atoms. The molecule has 1 saturated carbocycles. The van der Waals surface area contributed by atoms with E-state index in [1.54, 1.807) is 17.5 Å². The Labute approximate surface area is 112 Å². The largest absolute Gasteiger partial charge is 0.338 e. The normalized spacial score (nSPS) is 18.8. The molecule has 1 heterocycles. The third-order valence-corrected chi connectivity index (χ3v) is 4.92. The van der Waals surface area contributed by atoms with Crippen LogP contribution in [0.4, 0.5) is 4.79 Å². The Balaban J connectivity index is 1.75. The van der Waals surface area contributed by atoms with Gasteiger partial charge in [-0.15, -0.1) is 11.3 Å². The van der Waals surface area contributed by atoms with Crippen molar-refractivity contribution >= 4 is 17.4 Å². The molecule has 1 aromatic rings. The van der Waals surface area contributed by atoms with Crippen molar-refractivity contribution in [1.29, 1.82) is 0 Å². The highest BCUT2D eigenvalue weighted by molar-refractivity contribution is 7.09. The van der Waals surface area contributed by atoms with Crippen LogP contribution in [0.1, 0.15) is 50.6 Å². The van der Waals surface area contributed by atoms with Gasteiger partial charge in [0.2, 0.25) is 0 Å². The third-order valence-electron chi connectivity index (χ3n) is 3.96. The van der Waals surface area contributed by atoms with Gasteiger partial charge >= 0.3 is 6.03 Å². The van der Waals surface area contributed by atoms with Crippen molar-refractivity contribution in [2.45, 2.75) is 45.6 Å². The van der Waals surface area contributed by atoms with Gasteiger partial charge < -0.3 is 10.6 Å². The highest BCUT2D eigenvalue weighted by Crippen LogP contribution is 2.42. The molecular formula is C13H21N3OS. The lowest BCUT2D eigenvalue weighted by atomic mass is 9.67. The van der Waals surface area contributed by atoms with Crippen LogP contribution in [0.3, 0.4) is 0 Å². The van der Waals surface area contributed by atoms with Crippen LogP contribution >= 0.6 is 11.3 Å². The molecule has 0 radical (unpaired) electrons. The predicted molar refractivity (Wildman–Crippen MR) is 73.6 cm³/mol. The van der Waals surface area contributed by atoms with Crippen LogP contribution in [0.5, 0.6) is 0 Å². The van der Waals surface area contributed by atoms with Crippen LogP contribution in [-0.4, -0.2) is 17.6 Å². The van der Waals surface area contributed by atoms with Crippen molar-refractivity contribution in [2.75, 3.05) is 6.54 Å². The molecule has 4 nitrogen and oxygen atoms in total. The fourth-order valence-electron chi connectivity index (χ4n) is 2.36. The number of nitrogens with one attached hydrogen (secondary N) is 2.